The highest BCUT2D eigenvalue weighted by Gasteiger charge is 2.53. The molecule has 0 saturated carbocycles. The van der Waals surface area contributed by atoms with Crippen LogP contribution in [0.4, 0.5) is 0 Å². The highest BCUT2D eigenvalue weighted by atomic mass is 16.8. The summed E-state index contributed by atoms with van der Waals surface area (Å²) >= 11 is 0. The summed E-state index contributed by atoms with van der Waals surface area (Å²) in [6.45, 7) is -0.610. The molecule has 42 heavy (non-hydrogen) atoms. The smallest absolute Gasteiger partial charge is 0.187 e. The van der Waals surface area contributed by atoms with E-state index in [4.69, 9.17) is 33.2 Å². The minimum Gasteiger partial charge on any atom is -0.394 e. The third-order valence-corrected chi connectivity index (χ3v) is 7.79. The molecule has 0 bridgehead atoms. The molecule has 0 aliphatic carbocycles. The highest BCUT2D eigenvalue weighted by Crippen LogP contribution is 2.32. The first-order chi connectivity index (χ1) is 19.8. The number of rotatable bonds is 8. The van der Waals surface area contributed by atoms with Crippen LogP contribution in [-0.2, 0) is 33.2 Å². The van der Waals surface area contributed by atoms with Crippen molar-refractivity contribution in [1.82, 2.24) is 0 Å². The Morgan fingerprint density at radius 2 is 1.05 bits per heavy atom. The highest BCUT2D eigenvalue weighted by molar-refractivity contribution is 4.95. The van der Waals surface area contributed by atoms with Crippen molar-refractivity contribution in [2.24, 2.45) is 0 Å². The van der Waals surface area contributed by atoms with Gasteiger partial charge < -0.3 is 94.4 Å². The van der Waals surface area contributed by atoms with Gasteiger partial charge >= 0.3 is 0 Å². The van der Waals surface area contributed by atoms with Crippen LogP contribution in [-0.4, -0.2) is 198 Å². The molecule has 0 spiro atoms. The van der Waals surface area contributed by atoms with E-state index in [0.29, 0.717) is 0 Å². The Balaban J connectivity index is 1.36. The second-order valence-corrected chi connectivity index (χ2v) is 10.7. The van der Waals surface area contributed by atoms with E-state index in [0.717, 1.165) is 0 Å². The Bertz CT molecular complexity index is 851. The minimum atomic E-state index is -1.90. The monoisotopic (exact) mass is 620 g/mol. The first-order valence-electron chi connectivity index (χ1n) is 13.4. The van der Waals surface area contributed by atoms with Gasteiger partial charge in [0.05, 0.1) is 25.9 Å². The summed E-state index contributed by atoms with van der Waals surface area (Å²) in [7, 11) is 0. The summed E-state index contributed by atoms with van der Waals surface area (Å²) in [6, 6.07) is 0. The second-order valence-electron chi connectivity index (χ2n) is 10.7. The van der Waals surface area contributed by atoms with Crippen LogP contribution < -0.4 is 0 Å². The number of aliphatic hydroxyl groups is 12. The van der Waals surface area contributed by atoms with Crippen molar-refractivity contribution < 1.29 is 94.4 Å². The van der Waals surface area contributed by atoms with Crippen molar-refractivity contribution in [3.05, 3.63) is 0 Å². The summed E-state index contributed by atoms with van der Waals surface area (Å²) in [5.74, 6) is 0. The van der Waals surface area contributed by atoms with Crippen molar-refractivity contribution >= 4 is 0 Å². The van der Waals surface area contributed by atoms with Gasteiger partial charge in [0.1, 0.15) is 85.5 Å². The standard InChI is InChI=1S/C23H40O19/c1-5-18(12(29)14(31)20(35)37-5)41-21-15(32)10(27)8(4-36-21)40-22-17(34)13(30)19(7(3-25)39-22)42-23-16(33)11(28)9(26)6(2-24)38-23/h5-35H,2-4H2,1H3/t5?,6?,7?,8-,9-,10?,11?,12?,13?,14?,15?,16?,17?,18-,19+,20+,21+,22-,23+/m0/s1. The molecule has 0 aromatic heterocycles. The van der Waals surface area contributed by atoms with Crippen molar-refractivity contribution in [2.45, 2.75) is 124 Å². The van der Waals surface area contributed by atoms with Gasteiger partial charge in [-0.1, -0.05) is 0 Å². The molecular weight excluding hydrogens is 580 g/mol. The van der Waals surface area contributed by atoms with Gasteiger partial charge in [0.2, 0.25) is 0 Å². The number of aliphatic hydroxyl groups excluding tert-OH is 12. The largest absolute Gasteiger partial charge is 0.394 e. The number of ether oxygens (including phenoxy) is 7. The molecule has 4 heterocycles. The van der Waals surface area contributed by atoms with Crippen LogP contribution >= 0.6 is 0 Å². The summed E-state index contributed by atoms with van der Waals surface area (Å²) in [4.78, 5) is 0. The Kier molecular flexibility index (Phi) is 11.5. The Hall–Kier alpha value is -0.760. The van der Waals surface area contributed by atoms with Crippen molar-refractivity contribution in [3.8, 4) is 0 Å². The lowest BCUT2D eigenvalue weighted by Crippen LogP contribution is -2.66. The van der Waals surface area contributed by atoms with Gasteiger partial charge in [0, 0.05) is 0 Å². The SMILES string of the molecule is CC1O[C@@H](O)C(O)C(O)[C@H]1O[C@H]1OC[C@H](O[C@@H]2OC(CO)[C@@H](O[C@H]3OC(CO)[C@H](O)C(O)C3O)C(O)C2O)C(O)C1O. The molecule has 11 unspecified atom stereocenters. The van der Waals surface area contributed by atoms with Gasteiger partial charge in [-0.05, 0) is 6.92 Å². The molecule has 19 atom stereocenters. The van der Waals surface area contributed by atoms with E-state index in [1.165, 1.54) is 6.92 Å². The molecule has 12 N–H and O–H groups in total. The molecule has 0 amide bonds. The van der Waals surface area contributed by atoms with E-state index in [1.807, 2.05) is 0 Å². The van der Waals surface area contributed by atoms with Crippen LogP contribution in [0, 0.1) is 0 Å². The Morgan fingerprint density at radius 3 is 1.69 bits per heavy atom. The minimum absolute atomic E-state index is 0.469. The molecule has 19 heteroatoms. The zero-order chi connectivity index (χ0) is 31.0. The molecule has 19 nitrogen and oxygen atoms in total. The third kappa shape index (κ3) is 6.74. The molecule has 246 valence electrons. The lowest BCUT2D eigenvalue weighted by atomic mass is 9.96. The van der Waals surface area contributed by atoms with Crippen LogP contribution in [0.1, 0.15) is 6.92 Å². The van der Waals surface area contributed by atoms with Crippen molar-refractivity contribution in [3.63, 3.8) is 0 Å². The van der Waals surface area contributed by atoms with Gasteiger partial charge in [-0.2, -0.15) is 0 Å². The third-order valence-electron chi connectivity index (χ3n) is 7.79. The Morgan fingerprint density at radius 1 is 0.524 bits per heavy atom. The fraction of sp³-hybridized carbons (Fsp3) is 1.00. The van der Waals surface area contributed by atoms with Crippen molar-refractivity contribution in [2.75, 3.05) is 19.8 Å². The predicted molar refractivity (Wildman–Crippen MR) is 126 cm³/mol. The molecule has 4 aliphatic rings. The van der Waals surface area contributed by atoms with Gasteiger partial charge in [-0.25, -0.2) is 0 Å². The topological polar surface area (TPSA) is 307 Å². The average molecular weight is 621 g/mol. The quantitative estimate of drug-likeness (QED) is 0.120. The molecule has 0 radical (unpaired) electrons. The van der Waals surface area contributed by atoms with Crippen LogP contribution in [0.5, 0.6) is 0 Å². The summed E-state index contributed by atoms with van der Waals surface area (Å²) < 4.78 is 37.8. The van der Waals surface area contributed by atoms with E-state index in [-0.39, 0.29) is 0 Å². The van der Waals surface area contributed by atoms with Gasteiger partial charge in [0.25, 0.3) is 0 Å². The average Bonchev–Trinajstić information content (AvgIpc) is 2.97. The molecule has 4 saturated heterocycles. The van der Waals surface area contributed by atoms with Crippen LogP contribution in [0.2, 0.25) is 0 Å². The lowest BCUT2D eigenvalue weighted by Gasteiger charge is -2.47. The first-order valence-corrected chi connectivity index (χ1v) is 13.4. The molecule has 4 rings (SSSR count). The fourth-order valence-electron chi connectivity index (χ4n) is 5.21. The fourth-order valence-corrected chi connectivity index (χ4v) is 5.21. The van der Waals surface area contributed by atoms with Gasteiger partial charge in [0.15, 0.2) is 25.2 Å². The van der Waals surface area contributed by atoms with E-state index >= 15 is 0 Å². The summed E-state index contributed by atoms with van der Waals surface area (Å²) in [6.07, 6.45) is -30.5. The zero-order valence-corrected chi connectivity index (χ0v) is 22.3. The normalized spacial score (nSPS) is 54.1. The van der Waals surface area contributed by atoms with E-state index in [2.05, 4.69) is 0 Å². The maximum atomic E-state index is 10.7. The molecular formula is C23H40O19. The van der Waals surface area contributed by atoms with E-state index in [9.17, 15) is 61.3 Å². The molecule has 4 aliphatic heterocycles. The Labute approximate surface area is 238 Å². The van der Waals surface area contributed by atoms with Crippen LogP contribution in [0.25, 0.3) is 0 Å². The number of hydrogen-bond donors (Lipinski definition) is 12. The maximum Gasteiger partial charge on any atom is 0.187 e. The molecule has 4 fully saturated rings. The van der Waals surface area contributed by atoms with Gasteiger partial charge in [-0.3, -0.25) is 0 Å². The molecule has 0 aromatic carbocycles. The maximum absolute atomic E-state index is 10.7. The van der Waals surface area contributed by atoms with Crippen LogP contribution in [0.15, 0.2) is 0 Å². The molecule has 0 aromatic rings. The van der Waals surface area contributed by atoms with Crippen molar-refractivity contribution in [1.29, 1.82) is 0 Å². The summed E-state index contributed by atoms with van der Waals surface area (Å²) in [5, 5.41) is 122. The van der Waals surface area contributed by atoms with E-state index < -0.39 is 137 Å². The second kappa shape index (κ2) is 14.1. The lowest BCUT2D eigenvalue weighted by molar-refractivity contribution is -0.377. The van der Waals surface area contributed by atoms with Crippen LogP contribution in [0.3, 0.4) is 0 Å². The predicted octanol–water partition coefficient (Wildman–Crippen LogP) is -8.08. The summed E-state index contributed by atoms with van der Waals surface area (Å²) in [5.41, 5.74) is 0. The number of hydrogen-bond acceptors (Lipinski definition) is 19. The zero-order valence-electron chi connectivity index (χ0n) is 22.3. The first kappa shape index (κ1) is 34.1. The van der Waals surface area contributed by atoms with E-state index in [1.54, 1.807) is 0 Å². The van der Waals surface area contributed by atoms with Gasteiger partial charge in [-0.15, -0.1) is 0 Å².